The molecule has 2 bridgehead atoms. The second-order valence-corrected chi connectivity index (χ2v) is 18.0. The Morgan fingerprint density at radius 1 is 0.980 bits per heavy atom. The quantitative estimate of drug-likeness (QED) is 0.129. The van der Waals surface area contributed by atoms with Crippen LogP contribution < -0.4 is 0 Å². The van der Waals surface area contributed by atoms with Gasteiger partial charge in [-0.25, -0.2) is 0 Å². The van der Waals surface area contributed by atoms with Crippen LogP contribution in [-0.2, 0) is 28.5 Å². The van der Waals surface area contributed by atoms with Gasteiger partial charge in [-0.1, -0.05) is 60.1 Å². The number of hydrogen-bond acceptors (Lipinski definition) is 11. The molecule has 5 fully saturated rings. The van der Waals surface area contributed by atoms with Crippen molar-refractivity contribution in [1.82, 2.24) is 0 Å². The largest absolute Gasteiger partial charge is 0.481 e. The molecule has 0 spiro atoms. The van der Waals surface area contributed by atoms with Crippen molar-refractivity contribution in [2.75, 3.05) is 13.2 Å². The van der Waals surface area contributed by atoms with Gasteiger partial charge in [0, 0.05) is 24.2 Å². The van der Waals surface area contributed by atoms with E-state index < -0.39 is 101 Å². The Hall–Kier alpha value is -1.64. The fourth-order valence-electron chi connectivity index (χ4n) is 12.5. The number of aliphatic hydroxyl groups is 5. The van der Waals surface area contributed by atoms with E-state index >= 15 is 0 Å². The van der Waals surface area contributed by atoms with Gasteiger partial charge in [-0.15, -0.1) is 0 Å². The van der Waals surface area contributed by atoms with Crippen LogP contribution in [0.4, 0.5) is 0 Å². The standard InChI is InChI=1S/C38H60O12/c1-18(2)19(3)34(5)13-14-36(7)21-9-10-25-35(6)17-47-33(46)38(25,22(21)11-12-37(36,8)29(34)31(44)45)15-23(48-20(4)40)30(35)50-32-28(43)27(42)26(41)24(16-39)49-32/h11,18-19,21,23-30,32-33,39,41-43,46H,9-10,12-17H2,1-8H3,(H,44,45)/t19-,21+,23?,24-,25+,26-,27+,28-,29-,30?,32+,33?,34-,35-,36-,37+,38+/m1/s1. The summed E-state index contributed by atoms with van der Waals surface area (Å²) < 4.78 is 24.5. The summed E-state index contributed by atoms with van der Waals surface area (Å²) in [6, 6.07) is 0. The minimum absolute atomic E-state index is 0.0419. The van der Waals surface area contributed by atoms with Crippen molar-refractivity contribution < 1.29 is 59.2 Å². The number of fused-ring (bicyclic) bond motifs is 3. The summed E-state index contributed by atoms with van der Waals surface area (Å²) in [6.07, 6.45) is -4.59. The normalized spacial score (nSPS) is 52.2. The fraction of sp³-hybridized carbons (Fsp3) is 0.895. The number of ether oxygens (including phenoxy) is 4. The molecule has 2 saturated heterocycles. The van der Waals surface area contributed by atoms with E-state index in [1.54, 1.807) is 0 Å². The van der Waals surface area contributed by atoms with Crippen molar-refractivity contribution in [3.05, 3.63) is 11.6 Å². The molecule has 3 unspecified atom stereocenters. The lowest BCUT2D eigenvalue weighted by atomic mass is 9.34. The van der Waals surface area contributed by atoms with Crippen molar-refractivity contribution in [3.63, 3.8) is 0 Å². The SMILES string of the molecule is CC(=O)OC1C[C@]23C4=CC[C@@]5(C)[C@H](C(=O)O)[C@@](C)([C@H](C)C(C)C)CC[C@]5(C)[C@H]4CC[C@H]2[C@@](C)(COC3O)C1O[C@@H]1O[C@H](CO)[C@@H](O)[C@H](O)[C@H]1O. The third-order valence-corrected chi connectivity index (χ3v) is 15.6. The first-order valence-electron chi connectivity index (χ1n) is 18.6. The number of allylic oxidation sites excluding steroid dienone is 1. The summed E-state index contributed by atoms with van der Waals surface area (Å²) in [4.78, 5) is 26.1. The van der Waals surface area contributed by atoms with Crippen LogP contribution in [0.15, 0.2) is 11.6 Å². The van der Waals surface area contributed by atoms with Gasteiger partial charge < -0.3 is 49.6 Å². The number of aliphatic hydroxyl groups excluding tert-OH is 5. The third kappa shape index (κ3) is 5.13. The molecule has 0 aromatic carbocycles. The van der Waals surface area contributed by atoms with Crippen molar-refractivity contribution >= 4 is 11.9 Å². The van der Waals surface area contributed by atoms with Gasteiger partial charge in [0.2, 0.25) is 0 Å². The average molecular weight is 709 g/mol. The number of esters is 1. The molecule has 0 aromatic rings. The lowest BCUT2D eigenvalue weighted by Gasteiger charge is -2.71. The number of aliphatic carboxylic acids is 1. The predicted octanol–water partition coefficient (Wildman–Crippen LogP) is 3.01. The van der Waals surface area contributed by atoms with Crippen LogP contribution >= 0.6 is 0 Å². The average Bonchev–Trinajstić information content (AvgIpc) is 3.04. The molecule has 12 heteroatoms. The Balaban J connectivity index is 1.42. The summed E-state index contributed by atoms with van der Waals surface area (Å²) in [6.45, 7) is 15.8. The molecule has 50 heavy (non-hydrogen) atoms. The van der Waals surface area contributed by atoms with Crippen LogP contribution in [0.5, 0.6) is 0 Å². The molecule has 6 aliphatic rings. The number of rotatable bonds is 7. The maximum absolute atomic E-state index is 13.4. The van der Waals surface area contributed by atoms with Gasteiger partial charge in [-0.3, -0.25) is 9.59 Å². The molecular formula is C38H60O12. The van der Waals surface area contributed by atoms with Crippen molar-refractivity contribution in [1.29, 1.82) is 0 Å². The highest BCUT2D eigenvalue weighted by molar-refractivity contribution is 5.73. The molecule has 6 N–H and O–H groups in total. The van der Waals surface area contributed by atoms with Crippen molar-refractivity contribution in [3.8, 4) is 0 Å². The highest BCUT2D eigenvalue weighted by Gasteiger charge is 2.74. The fourth-order valence-corrected chi connectivity index (χ4v) is 12.5. The zero-order valence-corrected chi connectivity index (χ0v) is 30.9. The van der Waals surface area contributed by atoms with Crippen LogP contribution in [0.3, 0.4) is 0 Å². The number of carboxylic acids is 1. The van der Waals surface area contributed by atoms with E-state index in [1.807, 2.05) is 6.92 Å². The molecule has 3 saturated carbocycles. The van der Waals surface area contributed by atoms with E-state index in [9.17, 15) is 40.2 Å². The summed E-state index contributed by atoms with van der Waals surface area (Å²) in [5.74, 6) is -1.61. The summed E-state index contributed by atoms with van der Waals surface area (Å²) >= 11 is 0. The summed E-state index contributed by atoms with van der Waals surface area (Å²) in [5.41, 5.74) is -2.15. The molecular weight excluding hydrogens is 648 g/mol. The van der Waals surface area contributed by atoms with Crippen molar-refractivity contribution in [2.24, 2.45) is 56.7 Å². The highest BCUT2D eigenvalue weighted by atomic mass is 16.7. The Morgan fingerprint density at radius 2 is 1.66 bits per heavy atom. The first kappa shape index (κ1) is 38.1. The predicted molar refractivity (Wildman–Crippen MR) is 179 cm³/mol. The smallest absolute Gasteiger partial charge is 0.307 e. The molecule has 17 atom stereocenters. The van der Waals surface area contributed by atoms with E-state index in [1.165, 1.54) is 6.92 Å². The number of carbonyl (C=O) groups excluding carboxylic acids is 1. The minimum Gasteiger partial charge on any atom is -0.481 e. The molecule has 4 aliphatic carbocycles. The Morgan fingerprint density at radius 3 is 2.26 bits per heavy atom. The van der Waals surface area contributed by atoms with Crippen LogP contribution in [0.2, 0.25) is 0 Å². The van der Waals surface area contributed by atoms with E-state index in [2.05, 4.69) is 47.6 Å². The maximum Gasteiger partial charge on any atom is 0.307 e. The molecule has 0 amide bonds. The van der Waals surface area contributed by atoms with Crippen LogP contribution in [0, 0.1) is 56.7 Å². The van der Waals surface area contributed by atoms with Gasteiger partial charge >= 0.3 is 11.9 Å². The molecule has 12 nitrogen and oxygen atoms in total. The van der Waals surface area contributed by atoms with Gasteiger partial charge in [-0.05, 0) is 72.0 Å². The first-order valence-corrected chi connectivity index (χ1v) is 18.6. The lowest BCUT2D eigenvalue weighted by molar-refractivity contribution is -0.369. The Bertz CT molecular complexity index is 1370. The van der Waals surface area contributed by atoms with Gasteiger partial charge in [-0.2, -0.15) is 0 Å². The monoisotopic (exact) mass is 708 g/mol. The molecule has 2 aliphatic heterocycles. The summed E-state index contributed by atoms with van der Waals surface area (Å²) in [5, 5.41) is 64.6. The molecule has 2 heterocycles. The molecule has 284 valence electrons. The first-order chi connectivity index (χ1) is 23.2. The van der Waals surface area contributed by atoms with Gasteiger partial charge in [0.05, 0.1) is 19.1 Å². The highest BCUT2D eigenvalue weighted by Crippen LogP contribution is 2.75. The van der Waals surface area contributed by atoms with E-state index in [0.717, 1.165) is 24.8 Å². The van der Waals surface area contributed by atoms with Crippen LogP contribution in [0.1, 0.15) is 93.9 Å². The summed E-state index contributed by atoms with van der Waals surface area (Å²) in [7, 11) is 0. The minimum atomic E-state index is -1.65. The third-order valence-electron chi connectivity index (χ3n) is 15.6. The zero-order chi connectivity index (χ0) is 36.9. The number of hydrogen-bond donors (Lipinski definition) is 6. The zero-order valence-electron chi connectivity index (χ0n) is 30.9. The molecule has 6 rings (SSSR count). The van der Waals surface area contributed by atoms with E-state index in [0.29, 0.717) is 18.8 Å². The topological polar surface area (TPSA) is 192 Å². The molecule has 0 radical (unpaired) electrons. The maximum atomic E-state index is 13.4. The second-order valence-electron chi connectivity index (χ2n) is 18.0. The van der Waals surface area contributed by atoms with Crippen LogP contribution in [-0.4, -0.2) is 105 Å². The van der Waals surface area contributed by atoms with Gasteiger partial charge in [0.1, 0.15) is 36.6 Å². The van der Waals surface area contributed by atoms with Crippen LogP contribution in [0.25, 0.3) is 0 Å². The second kappa shape index (κ2) is 12.7. The van der Waals surface area contributed by atoms with E-state index in [-0.39, 0.29) is 30.8 Å². The van der Waals surface area contributed by atoms with Crippen molar-refractivity contribution in [2.45, 2.75) is 143 Å². The number of carboxylic acid groups (broad SMARTS) is 1. The van der Waals surface area contributed by atoms with Gasteiger partial charge in [0.15, 0.2) is 12.6 Å². The molecule has 0 aromatic heterocycles. The Labute approximate surface area is 295 Å². The van der Waals surface area contributed by atoms with Gasteiger partial charge in [0.25, 0.3) is 0 Å². The van der Waals surface area contributed by atoms with E-state index in [4.69, 9.17) is 18.9 Å². The number of carbonyl (C=O) groups is 2. The Kier molecular flexibility index (Phi) is 9.71. The lowest BCUT2D eigenvalue weighted by Crippen LogP contribution is -2.73.